The van der Waals surface area contributed by atoms with Gasteiger partial charge in [0.05, 0.1) is 24.3 Å². The number of halogens is 4. The number of hydrogen-bond acceptors (Lipinski definition) is 3. The monoisotopic (exact) mass is 354 g/mol. The lowest BCUT2D eigenvalue weighted by Gasteiger charge is -2.19. The van der Waals surface area contributed by atoms with Crippen molar-refractivity contribution in [1.82, 2.24) is 4.90 Å². The lowest BCUT2D eigenvalue weighted by atomic mass is 10.1. The summed E-state index contributed by atoms with van der Waals surface area (Å²) >= 11 is 0. The highest BCUT2D eigenvalue weighted by Gasteiger charge is 2.33. The molecule has 0 spiro atoms. The molecular formula is C14H18ClF3N2O3. The molecule has 1 aromatic rings. The first-order chi connectivity index (χ1) is 10.2. The van der Waals surface area contributed by atoms with Gasteiger partial charge in [0.2, 0.25) is 5.91 Å². The molecule has 2 N–H and O–H groups in total. The standard InChI is InChI=1S/C14H17F3N2O3.ClH/c1-2-7-19(9-13(21)22)8-12(20)18-11-6-4-3-5-10(11)14(15,16)17;/h3-6H,2,7-9H2,1H3,(H,18,20)(H,21,22);1H. The van der Waals surface area contributed by atoms with Crippen molar-refractivity contribution in [2.24, 2.45) is 0 Å². The van der Waals surface area contributed by atoms with E-state index in [1.165, 1.54) is 17.0 Å². The molecule has 130 valence electrons. The number of carbonyl (C=O) groups excluding carboxylic acids is 1. The zero-order chi connectivity index (χ0) is 16.8. The van der Waals surface area contributed by atoms with Crippen molar-refractivity contribution in [3.8, 4) is 0 Å². The number of hydrogen-bond donors (Lipinski definition) is 2. The maximum atomic E-state index is 12.8. The van der Waals surface area contributed by atoms with Crippen LogP contribution in [0.4, 0.5) is 18.9 Å². The number of nitrogens with one attached hydrogen (secondary N) is 1. The van der Waals surface area contributed by atoms with Crippen LogP contribution in [0.5, 0.6) is 0 Å². The maximum absolute atomic E-state index is 12.8. The fourth-order valence-corrected chi connectivity index (χ4v) is 1.95. The Hall–Kier alpha value is -1.80. The first-order valence-corrected chi connectivity index (χ1v) is 6.64. The van der Waals surface area contributed by atoms with E-state index in [-0.39, 0.29) is 31.2 Å². The molecule has 0 aliphatic heterocycles. The number of anilines is 1. The highest BCUT2D eigenvalue weighted by atomic mass is 35.5. The normalized spacial score (nSPS) is 11.0. The van der Waals surface area contributed by atoms with Crippen molar-refractivity contribution in [3.63, 3.8) is 0 Å². The second kappa shape index (κ2) is 9.36. The maximum Gasteiger partial charge on any atom is 0.418 e. The minimum absolute atomic E-state index is 0. The Labute approximate surface area is 137 Å². The van der Waals surface area contributed by atoms with Crippen LogP contribution in [-0.2, 0) is 15.8 Å². The van der Waals surface area contributed by atoms with E-state index in [1.54, 1.807) is 0 Å². The van der Waals surface area contributed by atoms with E-state index in [4.69, 9.17) is 5.11 Å². The highest BCUT2D eigenvalue weighted by Crippen LogP contribution is 2.34. The zero-order valence-electron chi connectivity index (χ0n) is 12.4. The van der Waals surface area contributed by atoms with Crippen LogP contribution in [0.15, 0.2) is 24.3 Å². The van der Waals surface area contributed by atoms with Gasteiger partial charge in [-0.05, 0) is 25.1 Å². The molecule has 1 rings (SSSR count). The van der Waals surface area contributed by atoms with E-state index in [1.807, 2.05) is 6.92 Å². The third-order valence-corrected chi connectivity index (χ3v) is 2.77. The van der Waals surface area contributed by atoms with Gasteiger partial charge in [-0.3, -0.25) is 14.5 Å². The van der Waals surface area contributed by atoms with Gasteiger partial charge in [0.25, 0.3) is 0 Å². The number of aliphatic carboxylic acids is 1. The van der Waals surface area contributed by atoms with Crippen molar-refractivity contribution >= 4 is 30.0 Å². The summed E-state index contributed by atoms with van der Waals surface area (Å²) in [6, 6.07) is 4.64. The quantitative estimate of drug-likeness (QED) is 0.790. The molecule has 0 atom stereocenters. The second-order valence-corrected chi connectivity index (χ2v) is 4.70. The average Bonchev–Trinajstić information content (AvgIpc) is 2.37. The Kier molecular flexibility index (Phi) is 8.63. The third-order valence-electron chi connectivity index (χ3n) is 2.77. The first-order valence-electron chi connectivity index (χ1n) is 6.64. The summed E-state index contributed by atoms with van der Waals surface area (Å²) in [7, 11) is 0. The number of alkyl halides is 3. The minimum atomic E-state index is -4.58. The van der Waals surface area contributed by atoms with Gasteiger partial charge >= 0.3 is 12.1 Å². The first kappa shape index (κ1) is 21.2. The van der Waals surface area contributed by atoms with Crippen molar-refractivity contribution in [1.29, 1.82) is 0 Å². The van der Waals surface area contributed by atoms with E-state index in [0.717, 1.165) is 12.1 Å². The molecule has 23 heavy (non-hydrogen) atoms. The van der Waals surface area contributed by atoms with Crippen LogP contribution in [0.3, 0.4) is 0 Å². The zero-order valence-corrected chi connectivity index (χ0v) is 13.2. The Morgan fingerprint density at radius 1 is 1.22 bits per heavy atom. The minimum Gasteiger partial charge on any atom is -0.480 e. The summed E-state index contributed by atoms with van der Waals surface area (Å²) in [5.41, 5.74) is -1.28. The second-order valence-electron chi connectivity index (χ2n) is 4.70. The summed E-state index contributed by atoms with van der Waals surface area (Å²) in [6.07, 6.45) is -3.95. The number of carboxylic acids is 1. The van der Waals surface area contributed by atoms with Crippen LogP contribution >= 0.6 is 12.4 Å². The molecule has 5 nitrogen and oxygen atoms in total. The molecule has 0 aromatic heterocycles. The highest BCUT2D eigenvalue weighted by molar-refractivity contribution is 5.93. The molecule has 0 aliphatic rings. The molecule has 0 unspecified atom stereocenters. The number of rotatable bonds is 7. The summed E-state index contributed by atoms with van der Waals surface area (Å²) in [5.74, 6) is -1.79. The number of benzene rings is 1. The number of amides is 1. The van der Waals surface area contributed by atoms with Crippen molar-refractivity contribution in [2.75, 3.05) is 25.0 Å². The van der Waals surface area contributed by atoms with Crippen LogP contribution in [0.25, 0.3) is 0 Å². The van der Waals surface area contributed by atoms with Crippen LogP contribution in [0.2, 0.25) is 0 Å². The molecule has 0 saturated heterocycles. The van der Waals surface area contributed by atoms with Crippen molar-refractivity contribution in [3.05, 3.63) is 29.8 Å². The topological polar surface area (TPSA) is 69.6 Å². The fraction of sp³-hybridized carbons (Fsp3) is 0.429. The smallest absolute Gasteiger partial charge is 0.418 e. The van der Waals surface area contributed by atoms with Gasteiger partial charge in [-0.15, -0.1) is 12.4 Å². The molecule has 0 heterocycles. The van der Waals surface area contributed by atoms with Crippen LogP contribution < -0.4 is 5.32 Å². The van der Waals surface area contributed by atoms with E-state index in [2.05, 4.69) is 5.32 Å². The van der Waals surface area contributed by atoms with E-state index in [9.17, 15) is 22.8 Å². The van der Waals surface area contributed by atoms with Gasteiger partial charge < -0.3 is 10.4 Å². The molecule has 0 radical (unpaired) electrons. The Bertz CT molecular complexity index is 538. The van der Waals surface area contributed by atoms with Crippen molar-refractivity contribution in [2.45, 2.75) is 19.5 Å². The molecule has 1 amide bonds. The summed E-state index contributed by atoms with van der Waals surface area (Å²) < 4.78 is 38.4. The lowest BCUT2D eigenvalue weighted by molar-refractivity contribution is -0.138. The SMILES string of the molecule is CCCN(CC(=O)O)CC(=O)Nc1ccccc1C(F)(F)F.Cl. The van der Waals surface area contributed by atoms with E-state index in [0.29, 0.717) is 13.0 Å². The van der Waals surface area contributed by atoms with Gasteiger partial charge in [0.15, 0.2) is 0 Å². The molecule has 0 bridgehead atoms. The Morgan fingerprint density at radius 3 is 2.35 bits per heavy atom. The molecular weight excluding hydrogens is 337 g/mol. The van der Waals surface area contributed by atoms with Gasteiger partial charge in [0, 0.05) is 0 Å². The molecule has 1 aromatic carbocycles. The number of para-hydroxylation sites is 1. The average molecular weight is 355 g/mol. The predicted molar refractivity (Wildman–Crippen MR) is 81.7 cm³/mol. The fourth-order valence-electron chi connectivity index (χ4n) is 1.95. The molecule has 0 fully saturated rings. The Morgan fingerprint density at radius 2 is 1.83 bits per heavy atom. The summed E-state index contributed by atoms with van der Waals surface area (Å²) in [6.45, 7) is 1.54. The van der Waals surface area contributed by atoms with E-state index < -0.39 is 23.6 Å². The largest absolute Gasteiger partial charge is 0.480 e. The lowest BCUT2D eigenvalue weighted by Crippen LogP contribution is -2.37. The van der Waals surface area contributed by atoms with Gasteiger partial charge in [-0.2, -0.15) is 13.2 Å². The van der Waals surface area contributed by atoms with Gasteiger partial charge in [-0.25, -0.2) is 0 Å². The van der Waals surface area contributed by atoms with Crippen LogP contribution in [-0.4, -0.2) is 41.5 Å². The number of carbonyl (C=O) groups is 2. The summed E-state index contributed by atoms with van der Waals surface area (Å²) in [5, 5.41) is 10.9. The number of nitrogens with zero attached hydrogens (tertiary/aromatic N) is 1. The van der Waals surface area contributed by atoms with Gasteiger partial charge in [-0.1, -0.05) is 19.1 Å². The van der Waals surface area contributed by atoms with Crippen molar-refractivity contribution < 1.29 is 27.9 Å². The molecule has 0 aliphatic carbocycles. The third kappa shape index (κ3) is 7.34. The van der Waals surface area contributed by atoms with Crippen LogP contribution in [0.1, 0.15) is 18.9 Å². The van der Waals surface area contributed by atoms with E-state index >= 15 is 0 Å². The van der Waals surface area contributed by atoms with Crippen LogP contribution in [0, 0.1) is 0 Å². The summed E-state index contributed by atoms with van der Waals surface area (Å²) in [4.78, 5) is 23.9. The Balaban J connectivity index is 0.00000484. The molecule has 9 heteroatoms. The predicted octanol–water partition coefficient (Wildman–Crippen LogP) is 2.86. The van der Waals surface area contributed by atoms with Gasteiger partial charge in [0.1, 0.15) is 0 Å². The number of carboxylic acid groups (broad SMARTS) is 1. The molecule has 0 saturated carbocycles.